The maximum atomic E-state index is 14.0. The van der Waals surface area contributed by atoms with Gasteiger partial charge in [0.25, 0.3) is 0 Å². The summed E-state index contributed by atoms with van der Waals surface area (Å²) in [4.78, 5) is 10.8. The number of aromatic nitrogens is 3. The van der Waals surface area contributed by atoms with Gasteiger partial charge in [-0.1, -0.05) is 0 Å². The highest BCUT2D eigenvalue weighted by atomic mass is 19.1. The molecule has 2 N–H and O–H groups in total. The average molecular weight is 319 g/mol. The molecule has 124 valence electrons. The maximum absolute atomic E-state index is 14.0. The van der Waals surface area contributed by atoms with Crippen LogP contribution in [0.5, 0.6) is 0 Å². The summed E-state index contributed by atoms with van der Waals surface area (Å²) in [6, 6.07) is 1.25. The van der Waals surface area contributed by atoms with Crippen LogP contribution in [0.4, 0.5) is 10.1 Å². The van der Waals surface area contributed by atoms with E-state index >= 15 is 0 Å². The molecule has 0 spiro atoms. The summed E-state index contributed by atoms with van der Waals surface area (Å²) in [5, 5.41) is 0. The van der Waals surface area contributed by atoms with Gasteiger partial charge in [-0.25, -0.2) is 14.4 Å². The Morgan fingerprint density at radius 3 is 2.83 bits per heavy atom. The molecule has 0 radical (unpaired) electrons. The number of ether oxygens (including phenoxy) is 1. The van der Waals surface area contributed by atoms with Gasteiger partial charge in [-0.2, -0.15) is 0 Å². The van der Waals surface area contributed by atoms with Crippen LogP contribution in [-0.4, -0.2) is 44.7 Å². The van der Waals surface area contributed by atoms with E-state index in [-0.39, 0.29) is 17.5 Å². The van der Waals surface area contributed by atoms with Gasteiger partial charge in [0.1, 0.15) is 12.4 Å². The van der Waals surface area contributed by atoms with Crippen molar-refractivity contribution in [2.24, 2.45) is 0 Å². The van der Waals surface area contributed by atoms with E-state index in [1.165, 1.54) is 12.3 Å². The lowest BCUT2D eigenvalue weighted by atomic mass is 10.0. The van der Waals surface area contributed by atoms with Gasteiger partial charge in [0.15, 0.2) is 11.6 Å². The van der Waals surface area contributed by atoms with Gasteiger partial charge in [-0.05, 0) is 20.8 Å². The first kappa shape index (κ1) is 15.9. The number of pyridine rings is 1. The first-order valence-electron chi connectivity index (χ1n) is 7.66. The number of halogens is 1. The molecule has 0 aliphatic carbocycles. The maximum Gasteiger partial charge on any atom is 0.174 e. The fourth-order valence-corrected chi connectivity index (χ4v) is 2.69. The lowest BCUT2D eigenvalue weighted by Gasteiger charge is -2.41. The van der Waals surface area contributed by atoms with Gasteiger partial charge in [-0.15, -0.1) is 0 Å². The average Bonchev–Trinajstić information content (AvgIpc) is 2.96. The minimum Gasteiger partial charge on any atom is -0.397 e. The Morgan fingerprint density at radius 1 is 1.35 bits per heavy atom. The van der Waals surface area contributed by atoms with E-state index in [4.69, 9.17) is 10.5 Å². The molecule has 1 unspecified atom stereocenters. The third-order valence-corrected chi connectivity index (χ3v) is 4.04. The van der Waals surface area contributed by atoms with Gasteiger partial charge in [0.2, 0.25) is 0 Å². The van der Waals surface area contributed by atoms with Crippen LogP contribution in [-0.2, 0) is 4.74 Å². The van der Waals surface area contributed by atoms with Crippen LogP contribution in [0.15, 0.2) is 24.8 Å². The normalized spacial score (nSPS) is 19.9. The second-order valence-corrected chi connectivity index (χ2v) is 6.76. The first-order valence-corrected chi connectivity index (χ1v) is 7.66. The predicted molar refractivity (Wildman–Crippen MR) is 85.7 cm³/mol. The van der Waals surface area contributed by atoms with Crippen molar-refractivity contribution in [2.75, 3.05) is 25.4 Å². The zero-order valence-corrected chi connectivity index (χ0v) is 13.7. The third-order valence-electron chi connectivity index (χ3n) is 4.04. The summed E-state index contributed by atoms with van der Waals surface area (Å²) in [6.45, 7) is 8.86. The molecule has 2 aromatic rings. The molecule has 23 heavy (non-hydrogen) atoms. The predicted octanol–water partition coefficient (Wildman–Crippen LogP) is 2.16. The second-order valence-electron chi connectivity index (χ2n) is 6.76. The van der Waals surface area contributed by atoms with Crippen LogP contribution in [0.2, 0.25) is 0 Å². The fraction of sp³-hybridized carbons (Fsp3) is 0.500. The summed E-state index contributed by atoms with van der Waals surface area (Å²) >= 11 is 0. The van der Waals surface area contributed by atoms with Gasteiger partial charge < -0.3 is 10.5 Å². The lowest BCUT2D eigenvalue weighted by Crippen LogP contribution is -2.48. The highest BCUT2D eigenvalue weighted by molar-refractivity contribution is 5.40. The van der Waals surface area contributed by atoms with E-state index in [1.807, 2.05) is 0 Å². The van der Waals surface area contributed by atoms with Crippen molar-refractivity contribution in [3.8, 4) is 5.82 Å². The van der Waals surface area contributed by atoms with E-state index in [1.54, 1.807) is 17.1 Å². The Hall–Kier alpha value is -1.99. The molecule has 1 aliphatic rings. The molecule has 1 atom stereocenters. The van der Waals surface area contributed by atoms with Crippen molar-refractivity contribution < 1.29 is 9.13 Å². The molecule has 0 aromatic carbocycles. The largest absolute Gasteiger partial charge is 0.397 e. The standard InChI is InChI=1S/C16H22FN5O/c1-16(2,3)22-4-5-23-14(9-22)13-8-21(10-20-13)15-12(17)6-11(18)7-19-15/h6-8,10,14H,4-5,9,18H2,1-3H3. The Kier molecular flexibility index (Phi) is 4.08. The van der Waals surface area contributed by atoms with Crippen molar-refractivity contribution in [2.45, 2.75) is 32.4 Å². The number of morpholine rings is 1. The number of anilines is 1. The smallest absolute Gasteiger partial charge is 0.174 e. The van der Waals surface area contributed by atoms with Crippen molar-refractivity contribution in [1.82, 2.24) is 19.4 Å². The summed E-state index contributed by atoms with van der Waals surface area (Å²) in [6.07, 6.45) is 4.62. The Morgan fingerprint density at radius 2 is 2.13 bits per heavy atom. The molecular weight excluding hydrogens is 297 g/mol. The summed E-state index contributed by atoms with van der Waals surface area (Å²) in [7, 11) is 0. The van der Waals surface area contributed by atoms with Crippen molar-refractivity contribution in [3.63, 3.8) is 0 Å². The molecule has 0 amide bonds. The molecule has 3 heterocycles. The molecule has 1 saturated heterocycles. The van der Waals surface area contributed by atoms with Crippen LogP contribution < -0.4 is 5.73 Å². The topological polar surface area (TPSA) is 69.2 Å². The molecule has 0 saturated carbocycles. The van der Waals surface area contributed by atoms with Gasteiger partial charge >= 0.3 is 0 Å². The summed E-state index contributed by atoms with van der Waals surface area (Å²) < 4.78 is 21.4. The zero-order chi connectivity index (χ0) is 16.6. The number of imidazole rings is 1. The number of hydrogen-bond donors (Lipinski definition) is 1. The van der Waals surface area contributed by atoms with E-state index in [0.717, 1.165) is 18.8 Å². The quantitative estimate of drug-likeness (QED) is 0.918. The van der Waals surface area contributed by atoms with Gasteiger partial charge in [0.05, 0.1) is 24.2 Å². The van der Waals surface area contributed by atoms with Gasteiger partial charge in [-0.3, -0.25) is 9.47 Å². The monoisotopic (exact) mass is 319 g/mol. The molecule has 7 heteroatoms. The van der Waals surface area contributed by atoms with Crippen LogP contribution >= 0.6 is 0 Å². The van der Waals surface area contributed by atoms with Crippen molar-refractivity contribution >= 4 is 5.69 Å². The molecule has 2 aromatic heterocycles. The third kappa shape index (κ3) is 3.35. The number of nitrogens with zero attached hydrogens (tertiary/aromatic N) is 4. The molecule has 3 rings (SSSR count). The van der Waals surface area contributed by atoms with E-state index in [2.05, 4.69) is 35.6 Å². The highest BCUT2D eigenvalue weighted by Gasteiger charge is 2.30. The highest BCUT2D eigenvalue weighted by Crippen LogP contribution is 2.26. The number of nitrogen functional groups attached to an aromatic ring is 1. The number of nitrogens with two attached hydrogens (primary N) is 1. The van der Waals surface area contributed by atoms with Crippen LogP contribution in [0.3, 0.4) is 0 Å². The molecule has 1 aliphatic heterocycles. The van der Waals surface area contributed by atoms with Crippen molar-refractivity contribution in [3.05, 3.63) is 36.3 Å². The molecule has 1 fully saturated rings. The van der Waals surface area contributed by atoms with Crippen LogP contribution in [0.1, 0.15) is 32.6 Å². The molecule has 6 nitrogen and oxygen atoms in total. The minimum atomic E-state index is -0.477. The molecular formula is C16H22FN5O. The first-order chi connectivity index (χ1) is 10.8. The van der Waals surface area contributed by atoms with E-state index < -0.39 is 5.82 Å². The zero-order valence-electron chi connectivity index (χ0n) is 13.7. The SMILES string of the molecule is CC(C)(C)N1CCOC(c2cn(-c3ncc(N)cc3F)cn2)C1. The summed E-state index contributed by atoms with van der Waals surface area (Å²) in [5.41, 5.74) is 6.68. The van der Waals surface area contributed by atoms with E-state index in [0.29, 0.717) is 12.3 Å². The summed E-state index contributed by atoms with van der Waals surface area (Å²) in [5.74, 6) is -0.295. The Labute approximate surface area is 135 Å². The second kappa shape index (κ2) is 5.90. The van der Waals surface area contributed by atoms with E-state index in [9.17, 15) is 4.39 Å². The van der Waals surface area contributed by atoms with Crippen LogP contribution in [0, 0.1) is 5.82 Å². The van der Waals surface area contributed by atoms with Gasteiger partial charge in [0, 0.05) is 30.9 Å². The van der Waals surface area contributed by atoms with Crippen molar-refractivity contribution in [1.29, 1.82) is 0 Å². The Bertz CT molecular complexity index is 694. The lowest BCUT2D eigenvalue weighted by molar-refractivity contribution is -0.0612. The Balaban J connectivity index is 1.81. The molecule has 0 bridgehead atoms. The minimum absolute atomic E-state index is 0.0786. The number of hydrogen-bond acceptors (Lipinski definition) is 5. The van der Waals surface area contributed by atoms with Crippen LogP contribution in [0.25, 0.3) is 5.82 Å². The fourth-order valence-electron chi connectivity index (χ4n) is 2.69. The number of rotatable bonds is 2.